The van der Waals surface area contributed by atoms with Crippen LogP contribution in [0.1, 0.15) is 18.1 Å². The number of nitrogens with one attached hydrogen (secondary N) is 1. The van der Waals surface area contributed by atoms with Crippen LogP contribution in [0, 0.1) is 5.82 Å². The Morgan fingerprint density at radius 2 is 1.79 bits per heavy atom. The van der Waals surface area contributed by atoms with Gasteiger partial charge < -0.3 is 19.2 Å². The maximum absolute atomic E-state index is 14.2. The van der Waals surface area contributed by atoms with Crippen molar-refractivity contribution in [1.82, 2.24) is 25.3 Å². The summed E-state index contributed by atoms with van der Waals surface area (Å²) >= 11 is 0. The fourth-order valence-corrected chi connectivity index (χ4v) is 4.53. The Bertz CT molecular complexity index is 1380. The number of furan rings is 1. The van der Waals surface area contributed by atoms with Crippen molar-refractivity contribution in [3.63, 3.8) is 0 Å². The minimum Gasteiger partial charge on any atom is -0.459 e. The number of hydrogen-bond acceptors (Lipinski definition) is 7. The zero-order valence-electron chi connectivity index (χ0n) is 21.0. The topological polar surface area (TPSA) is 105 Å². The number of hydrogen-bond donors (Lipinski definition) is 1. The van der Waals surface area contributed by atoms with Crippen LogP contribution < -0.4 is 5.32 Å². The van der Waals surface area contributed by atoms with Gasteiger partial charge in [0.25, 0.3) is 5.89 Å². The molecule has 2 aromatic heterocycles. The van der Waals surface area contributed by atoms with E-state index in [0.717, 1.165) is 17.7 Å². The summed E-state index contributed by atoms with van der Waals surface area (Å²) in [5.41, 5.74) is 2.36. The van der Waals surface area contributed by atoms with Crippen molar-refractivity contribution in [2.45, 2.75) is 25.9 Å². The van der Waals surface area contributed by atoms with Gasteiger partial charge in [-0.15, -0.1) is 0 Å². The molecule has 1 N–H and O–H groups in total. The van der Waals surface area contributed by atoms with Gasteiger partial charge in [-0.1, -0.05) is 47.6 Å². The zero-order valence-corrected chi connectivity index (χ0v) is 21.0. The summed E-state index contributed by atoms with van der Waals surface area (Å²) < 4.78 is 24.8. The molecular formula is C28H28FN5O4. The highest BCUT2D eigenvalue weighted by Gasteiger charge is 2.29. The summed E-state index contributed by atoms with van der Waals surface area (Å²) in [6.45, 7) is 4.54. The third kappa shape index (κ3) is 5.97. The van der Waals surface area contributed by atoms with Crippen molar-refractivity contribution in [3.8, 4) is 23.0 Å². The standard InChI is InChI=1S/C28H28FN5O4/c1-19(35)30-24(17-22-5-2-3-6-23(22)29)28(36)34-14-12-33(13-15-34)18-20-8-10-21(11-9-20)26-31-27(38-32-26)25-7-4-16-37-25/h2-11,16,24H,12-15,17-18H2,1H3,(H,30,35)/t24-/m1/s1. The van der Waals surface area contributed by atoms with Gasteiger partial charge >= 0.3 is 0 Å². The second-order valence-corrected chi connectivity index (χ2v) is 9.25. The van der Waals surface area contributed by atoms with Crippen molar-refractivity contribution in [3.05, 3.63) is 83.9 Å². The van der Waals surface area contributed by atoms with Gasteiger partial charge in [-0.25, -0.2) is 4.39 Å². The van der Waals surface area contributed by atoms with Crippen LogP contribution in [0.5, 0.6) is 0 Å². The molecule has 4 aromatic rings. The minimum atomic E-state index is -0.804. The summed E-state index contributed by atoms with van der Waals surface area (Å²) in [4.78, 5) is 33.4. The molecule has 2 amide bonds. The molecule has 0 saturated carbocycles. The smallest absolute Gasteiger partial charge is 0.293 e. The summed E-state index contributed by atoms with van der Waals surface area (Å²) in [5, 5.41) is 6.73. The highest BCUT2D eigenvalue weighted by Crippen LogP contribution is 2.23. The number of carbonyl (C=O) groups excluding carboxylic acids is 2. The summed E-state index contributed by atoms with van der Waals surface area (Å²) in [6.07, 6.45) is 1.66. The molecule has 0 spiro atoms. The predicted molar refractivity (Wildman–Crippen MR) is 137 cm³/mol. The SMILES string of the molecule is CC(=O)N[C@H](Cc1ccccc1F)C(=O)N1CCN(Cc2ccc(-c3noc(-c4ccco4)n3)cc2)CC1. The highest BCUT2D eigenvalue weighted by atomic mass is 19.1. The van der Waals surface area contributed by atoms with Gasteiger partial charge in [0.2, 0.25) is 17.6 Å². The monoisotopic (exact) mass is 517 g/mol. The average molecular weight is 518 g/mol. The molecule has 1 atom stereocenters. The van der Waals surface area contributed by atoms with Crippen molar-refractivity contribution in [2.75, 3.05) is 26.2 Å². The Morgan fingerprint density at radius 1 is 1.03 bits per heavy atom. The largest absolute Gasteiger partial charge is 0.459 e. The number of benzene rings is 2. The molecular weight excluding hydrogens is 489 g/mol. The van der Waals surface area contributed by atoms with Crippen LogP contribution in [0.2, 0.25) is 0 Å². The molecule has 2 aromatic carbocycles. The van der Waals surface area contributed by atoms with Crippen molar-refractivity contribution >= 4 is 11.8 Å². The number of halogens is 1. The van der Waals surface area contributed by atoms with E-state index in [1.54, 1.807) is 41.5 Å². The van der Waals surface area contributed by atoms with Crippen LogP contribution in [-0.4, -0.2) is 64.0 Å². The molecule has 0 unspecified atom stereocenters. The second-order valence-electron chi connectivity index (χ2n) is 9.25. The van der Waals surface area contributed by atoms with E-state index in [2.05, 4.69) is 20.4 Å². The van der Waals surface area contributed by atoms with E-state index in [4.69, 9.17) is 8.94 Å². The molecule has 5 rings (SSSR count). The predicted octanol–water partition coefficient (Wildman–Crippen LogP) is 3.53. The number of rotatable bonds is 8. The lowest BCUT2D eigenvalue weighted by molar-refractivity contribution is -0.137. The Balaban J connectivity index is 1.16. The average Bonchev–Trinajstić information content (AvgIpc) is 3.63. The lowest BCUT2D eigenvalue weighted by Crippen LogP contribution is -2.55. The fourth-order valence-electron chi connectivity index (χ4n) is 4.53. The van der Waals surface area contributed by atoms with Crippen LogP contribution in [-0.2, 0) is 22.6 Å². The van der Waals surface area contributed by atoms with Crippen LogP contribution in [0.15, 0.2) is 75.9 Å². The van der Waals surface area contributed by atoms with Crippen LogP contribution >= 0.6 is 0 Å². The number of nitrogens with zero attached hydrogens (tertiary/aromatic N) is 4. The molecule has 1 aliphatic rings. The van der Waals surface area contributed by atoms with E-state index in [0.29, 0.717) is 49.2 Å². The molecule has 0 aliphatic carbocycles. The Hall–Kier alpha value is -4.31. The first-order valence-corrected chi connectivity index (χ1v) is 12.4. The number of carbonyl (C=O) groups is 2. The van der Waals surface area contributed by atoms with Gasteiger partial charge in [0.1, 0.15) is 11.9 Å². The van der Waals surface area contributed by atoms with Gasteiger partial charge in [0.15, 0.2) is 5.76 Å². The minimum absolute atomic E-state index is 0.112. The molecule has 38 heavy (non-hydrogen) atoms. The number of piperazine rings is 1. The van der Waals surface area contributed by atoms with E-state index >= 15 is 0 Å². The Morgan fingerprint density at radius 3 is 2.47 bits per heavy atom. The normalized spacial score (nSPS) is 14.8. The Labute approximate surface area is 219 Å². The second kappa shape index (κ2) is 11.4. The van der Waals surface area contributed by atoms with Gasteiger partial charge in [-0.05, 0) is 29.3 Å². The molecule has 3 heterocycles. The van der Waals surface area contributed by atoms with Crippen LogP contribution in [0.3, 0.4) is 0 Å². The van der Waals surface area contributed by atoms with Crippen molar-refractivity contribution < 1.29 is 22.9 Å². The first-order chi connectivity index (χ1) is 18.5. The molecule has 1 aliphatic heterocycles. The maximum atomic E-state index is 14.2. The van der Waals surface area contributed by atoms with E-state index in [1.807, 2.05) is 24.3 Å². The first kappa shape index (κ1) is 25.3. The van der Waals surface area contributed by atoms with Gasteiger partial charge in [-0.3, -0.25) is 14.5 Å². The molecule has 10 heteroatoms. The van der Waals surface area contributed by atoms with E-state index < -0.39 is 6.04 Å². The van der Waals surface area contributed by atoms with E-state index in [9.17, 15) is 14.0 Å². The molecule has 9 nitrogen and oxygen atoms in total. The molecule has 1 saturated heterocycles. The lowest BCUT2D eigenvalue weighted by Gasteiger charge is -2.36. The molecule has 1 fully saturated rings. The molecule has 196 valence electrons. The highest BCUT2D eigenvalue weighted by molar-refractivity contribution is 5.87. The van der Waals surface area contributed by atoms with Crippen molar-refractivity contribution in [2.24, 2.45) is 0 Å². The third-order valence-corrected chi connectivity index (χ3v) is 6.52. The quantitative estimate of drug-likeness (QED) is 0.381. The van der Waals surface area contributed by atoms with E-state index in [1.165, 1.54) is 13.0 Å². The van der Waals surface area contributed by atoms with Gasteiger partial charge in [0.05, 0.1) is 6.26 Å². The maximum Gasteiger partial charge on any atom is 0.293 e. The first-order valence-electron chi connectivity index (χ1n) is 12.4. The van der Waals surface area contributed by atoms with Gasteiger partial charge in [-0.2, -0.15) is 4.98 Å². The number of amides is 2. The summed E-state index contributed by atoms with van der Waals surface area (Å²) in [7, 11) is 0. The summed E-state index contributed by atoms with van der Waals surface area (Å²) in [5.74, 6) is 0.439. The molecule has 0 bridgehead atoms. The number of aromatic nitrogens is 2. The summed E-state index contributed by atoms with van der Waals surface area (Å²) in [6, 6.07) is 17.0. The van der Waals surface area contributed by atoms with E-state index in [-0.39, 0.29) is 24.1 Å². The third-order valence-electron chi connectivity index (χ3n) is 6.52. The van der Waals surface area contributed by atoms with Crippen LogP contribution in [0.25, 0.3) is 23.0 Å². The zero-order chi connectivity index (χ0) is 26.5. The van der Waals surface area contributed by atoms with Gasteiger partial charge in [0, 0.05) is 51.6 Å². The molecule has 0 radical (unpaired) electrons. The Kier molecular flexibility index (Phi) is 7.60. The fraction of sp³-hybridized carbons (Fsp3) is 0.286. The lowest BCUT2D eigenvalue weighted by atomic mass is 10.0. The van der Waals surface area contributed by atoms with Crippen LogP contribution in [0.4, 0.5) is 4.39 Å². The van der Waals surface area contributed by atoms with Crippen molar-refractivity contribution in [1.29, 1.82) is 0 Å².